The van der Waals surface area contributed by atoms with Gasteiger partial charge in [0.2, 0.25) is 11.6 Å². The number of nitrogens with zero attached hydrogens (tertiary/aromatic N) is 6. The van der Waals surface area contributed by atoms with Gasteiger partial charge < -0.3 is 19.0 Å². The summed E-state index contributed by atoms with van der Waals surface area (Å²) in [6.07, 6.45) is 9.34. The minimum absolute atomic E-state index is 0.0745. The second-order valence-electron chi connectivity index (χ2n) is 9.00. The molecule has 4 rings (SSSR count). The topological polar surface area (TPSA) is 118 Å². The van der Waals surface area contributed by atoms with Crippen LogP contribution in [-0.2, 0) is 16.1 Å². The number of carbonyl (C=O) groups excluding carboxylic acids is 1. The molecule has 2 aromatic rings. The highest BCUT2D eigenvalue weighted by Crippen LogP contribution is 2.36. The highest BCUT2D eigenvalue weighted by Gasteiger charge is 2.33. The zero-order valence-electron chi connectivity index (χ0n) is 20.3. The predicted octanol–water partition coefficient (Wildman–Crippen LogP) is 3.39. The number of piperazine rings is 1. The quantitative estimate of drug-likeness (QED) is 0.281. The van der Waals surface area contributed by atoms with Crippen LogP contribution in [0.4, 0.5) is 17.3 Å². The van der Waals surface area contributed by atoms with E-state index >= 15 is 0 Å². The molecule has 0 spiro atoms. The van der Waals surface area contributed by atoms with Crippen molar-refractivity contribution >= 4 is 23.3 Å². The number of esters is 1. The molecular formula is C24H34N6O5. The van der Waals surface area contributed by atoms with Gasteiger partial charge in [-0.2, -0.15) is 0 Å². The molecule has 0 bridgehead atoms. The Labute approximate surface area is 205 Å². The molecule has 3 heterocycles. The predicted molar refractivity (Wildman–Crippen MR) is 130 cm³/mol. The average molecular weight is 487 g/mol. The van der Waals surface area contributed by atoms with Crippen molar-refractivity contribution in [1.29, 1.82) is 0 Å². The summed E-state index contributed by atoms with van der Waals surface area (Å²) < 4.78 is 10.5. The lowest BCUT2D eigenvalue weighted by Crippen LogP contribution is -2.51. The lowest BCUT2D eigenvalue weighted by atomic mass is 9.94. The molecule has 0 radical (unpaired) electrons. The lowest BCUT2D eigenvalue weighted by Gasteiger charge is -2.41. The van der Waals surface area contributed by atoms with E-state index in [0.717, 1.165) is 13.1 Å². The molecule has 1 saturated carbocycles. The monoisotopic (exact) mass is 486 g/mol. The lowest BCUT2D eigenvalue weighted by molar-refractivity contribution is -0.383. The molecular weight excluding hydrogens is 452 g/mol. The summed E-state index contributed by atoms with van der Waals surface area (Å²) in [5.74, 6) is 0.747. The SMILES string of the molecule is CCOC(=O)CCN(Cc1ccco1)c1ncnc(N2CCN(C3CCCCC3)CC2)c1[N+](=O)[O-]. The van der Waals surface area contributed by atoms with Gasteiger partial charge in [-0.05, 0) is 31.9 Å². The van der Waals surface area contributed by atoms with Crippen molar-refractivity contribution in [3.8, 4) is 0 Å². The first-order valence-corrected chi connectivity index (χ1v) is 12.5. The number of hydrogen-bond donors (Lipinski definition) is 0. The Morgan fingerprint density at radius 2 is 2.00 bits per heavy atom. The van der Waals surface area contributed by atoms with Crippen LogP contribution in [0.15, 0.2) is 29.1 Å². The van der Waals surface area contributed by atoms with Gasteiger partial charge in [-0.1, -0.05) is 19.3 Å². The maximum atomic E-state index is 12.3. The van der Waals surface area contributed by atoms with Gasteiger partial charge in [0.15, 0.2) is 0 Å². The molecule has 11 nitrogen and oxygen atoms in total. The Kier molecular flexibility index (Phi) is 8.51. The standard InChI is InChI=1S/C24H34N6O5/c1-2-34-21(31)10-11-29(17-20-9-6-16-35-20)24-22(30(32)33)23(25-18-26-24)28-14-12-27(13-15-28)19-7-4-3-5-8-19/h6,9,16,18-19H,2-5,7-8,10-15,17H2,1H3. The first-order valence-electron chi connectivity index (χ1n) is 12.5. The summed E-state index contributed by atoms with van der Waals surface area (Å²) >= 11 is 0. The fourth-order valence-corrected chi connectivity index (χ4v) is 5.04. The van der Waals surface area contributed by atoms with Crippen molar-refractivity contribution in [3.63, 3.8) is 0 Å². The molecule has 0 aromatic carbocycles. The van der Waals surface area contributed by atoms with Gasteiger partial charge in [0, 0.05) is 38.8 Å². The fourth-order valence-electron chi connectivity index (χ4n) is 5.04. The Bertz CT molecular complexity index is 971. The van der Waals surface area contributed by atoms with Crippen molar-refractivity contribution in [2.24, 2.45) is 0 Å². The number of nitro groups is 1. The summed E-state index contributed by atoms with van der Waals surface area (Å²) in [5.41, 5.74) is -0.144. The molecule has 1 aliphatic heterocycles. The maximum Gasteiger partial charge on any atom is 0.353 e. The molecule has 0 atom stereocenters. The highest BCUT2D eigenvalue weighted by molar-refractivity contribution is 5.73. The fraction of sp³-hybridized carbons (Fsp3) is 0.625. The van der Waals surface area contributed by atoms with E-state index in [0.29, 0.717) is 30.7 Å². The van der Waals surface area contributed by atoms with Crippen LogP contribution in [0.2, 0.25) is 0 Å². The Morgan fingerprint density at radius 3 is 2.66 bits per heavy atom. The van der Waals surface area contributed by atoms with E-state index in [1.807, 2.05) is 4.90 Å². The van der Waals surface area contributed by atoms with Gasteiger partial charge in [-0.3, -0.25) is 19.8 Å². The first kappa shape index (κ1) is 24.9. The van der Waals surface area contributed by atoms with E-state index in [1.54, 1.807) is 30.2 Å². The highest BCUT2D eigenvalue weighted by atomic mass is 16.6. The minimum Gasteiger partial charge on any atom is -0.467 e. The van der Waals surface area contributed by atoms with E-state index in [9.17, 15) is 14.9 Å². The minimum atomic E-state index is -0.419. The number of carbonyl (C=O) groups is 1. The number of furan rings is 1. The summed E-state index contributed by atoms with van der Waals surface area (Å²) in [4.78, 5) is 38.7. The Hall–Kier alpha value is -3.21. The summed E-state index contributed by atoms with van der Waals surface area (Å²) in [6, 6.07) is 4.16. The number of ether oxygens (including phenoxy) is 1. The number of hydrogen-bond acceptors (Lipinski definition) is 10. The molecule has 2 aromatic heterocycles. The molecule has 190 valence electrons. The maximum absolute atomic E-state index is 12.3. The van der Waals surface area contributed by atoms with Crippen molar-refractivity contribution in [2.45, 2.75) is 58.0 Å². The van der Waals surface area contributed by atoms with E-state index in [2.05, 4.69) is 14.9 Å². The van der Waals surface area contributed by atoms with E-state index < -0.39 is 4.92 Å². The van der Waals surface area contributed by atoms with Crippen LogP contribution in [0, 0.1) is 10.1 Å². The smallest absolute Gasteiger partial charge is 0.353 e. The van der Waals surface area contributed by atoms with Crippen LogP contribution >= 0.6 is 0 Å². The number of aromatic nitrogens is 2. The van der Waals surface area contributed by atoms with Gasteiger partial charge >= 0.3 is 11.7 Å². The van der Waals surface area contributed by atoms with Gasteiger partial charge in [0.1, 0.15) is 12.1 Å². The third-order valence-electron chi connectivity index (χ3n) is 6.79. The van der Waals surface area contributed by atoms with Crippen LogP contribution in [0.1, 0.15) is 51.2 Å². The van der Waals surface area contributed by atoms with Crippen LogP contribution in [0.3, 0.4) is 0 Å². The van der Waals surface area contributed by atoms with Crippen molar-refractivity contribution in [1.82, 2.24) is 14.9 Å². The van der Waals surface area contributed by atoms with Crippen LogP contribution in [0.25, 0.3) is 0 Å². The first-order chi connectivity index (χ1) is 17.1. The van der Waals surface area contributed by atoms with Crippen molar-refractivity contribution in [3.05, 3.63) is 40.6 Å². The summed E-state index contributed by atoms with van der Waals surface area (Å²) in [5, 5.41) is 12.3. The van der Waals surface area contributed by atoms with Crippen LogP contribution < -0.4 is 9.80 Å². The molecule has 2 aliphatic rings. The van der Waals surface area contributed by atoms with Crippen LogP contribution in [0.5, 0.6) is 0 Å². The van der Waals surface area contributed by atoms with Gasteiger partial charge in [-0.15, -0.1) is 0 Å². The Balaban J connectivity index is 1.55. The van der Waals surface area contributed by atoms with Gasteiger partial charge in [0.05, 0.1) is 30.8 Å². The van der Waals surface area contributed by atoms with Crippen molar-refractivity contribution in [2.75, 3.05) is 49.1 Å². The van der Waals surface area contributed by atoms with Gasteiger partial charge in [-0.25, -0.2) is 9.97 Å². The summed E-state index contributed by atoms with van der Waals surface area (Å²) in [6.45, 7) is 5.53. The second-order valence-corrected chi connectivity index (χ2v) is 9.00. The molecule has 0 unspecified atom stereocenters. The molecule has 35 heavy (non-hydrogen) atoms. The molecule has 0 N–H and O–H groups in total. The van der Waals surface area contributed by atoms with Gasteiger partial charge in [0.25, 0.3) is 0 Å². The third kappa shape index (κ3) is 6.27. The number of anilines is 2. The van der Waals surface area contributed by atoms with Crippen molar-refractivity contribution < 1.29 is 18.9 Å². The molecule has 1 aliphatic carbocycles. The molecule has 1 saturated heterocycles. The van der Waals surface area contributed by atoms with E-state index in [4.69, 9.17) is 9.15 Å². The zero-order chi connectivity index (χ0) is 24.6. The zero-order valence-corrected chi connectivity index (χ0v) is 20.3. The third-order valence-corrected chi connectivity index (χ3v) is 6.79. The van der Waals surface area contributed by atoms with E-state index in [-0.39, 0.29) is 43.6 Å². The van der Waals surface area contributed by atoms with E-state index in [1.165, 1.54) is 38.4 Å². The average Bonchev–Trinajstić information content (AvgIpc) is 3.40. The number of rotatable bonds is 10. The molecule has 2 fully saturated rings. The summed E-state index contributed by atoms with van der Waals surface area (Å²) in [7, 11) is 0. The second kappa shape index (κ2) is 12.0. The van der Waals surface area contributed by atoms with Crippen LogP contribution in [-0.4, -0.2) is 71.1 Å². The largest absolute Gasteiger partial charge is 0.467 e. The Morgan fingerprint density at radius 1 is 1.23 bits per heavy atom. The molecule has 11 heteroatoms. The molecule has 0 amide bonds. The normalized spacial score (nSPS) is 17.3.